The van der Waals surface area contributed by atoms with E-state index in [4.69, 9.17) is 11.6 Å². The topological polar surface area (TPSA) is 53.8 Å². The number of H-pyrrole nitrogens is 1. The Labute approximate surface area is 165 Å². The summed E-state index contributed by atoms with van der Waals surface area (Å²) in [5.41, 5.74) is 4.07. The van der Waals surface area contributed by atoms with Gasteiger partial charge in [-0.3, -0.25) is 14.7 Å². The molecule has 0 radical (unpaired) electrons. The van der Waals surface area contributed by atoms with Gasteiger partial charge in [-0.2, -0.15) is 0 Å². The maximum absolute atomic E-state index is 12.2. The Balaban J connectivity index is 1.76. The molecule has 0 atom stereocenters. The fourth-order valence-corrected chi connectivity index (χ4v) is 3.59. The summed E-state index contributed by atoms with van der Waals surface area (Å²) in [6, 6.07) is 4.18. The van der Waals surface area contributed by atoms with Crippen molar-refractivity contribution in [2.75, 3.05) is 51.7 Å². The summed E-state index contributed by atoms with van der Waals surface area (Å²) >= 11 is 6.45. The van der Waals surface area contributed by atoms with Crippen LogP contribution in [0.15, 0.2) is 24.5 Å². The number of anilines is 1. The van der Waals surface area contributed by atoms with Crippen LogP contribution < -0.4 is 9.88 Å². The van der Waals surface area contributed by atoms with Crippen LogP contribution in [0.5, 0.6) is 0 Å². The van der Waals surface area contributed by atoms with Crippen LogP contribution in [-0.2, 0) is 4.79 Å². The Kier molecular flexibility index (Phi) is 5.97. The lowest BCUT2D eigenvalue weighted by atomic mass is 10.1. The number of aromatic amines is 1. The Morgan fingerprint density at radius 3 is 2.56 bits per heavy atom. The van der Waals surface area contributed by atoms with Gasteiger partial charge in [0.05, 0.1) is 30.4 Å². The highest BCUT2D eigenvalue weighted by atomic mass is 35.5. The molecule has 0 aliphatic carbocycles. The second-order valence-electron chi connectivity index (χ2n) is 7.36. The number of carbonyl (C=O) groups excluding carboxylic acids is 1. The molecule has 1 aliphatic rings. The maximum Gasteiger partial charge on any atom is 0.275 e. The van der Waals surface area contributed by atoms with E-state index in [-0.39, 0.29) is 5.91 Å². The molecule has 1 amide bonds. The van der Waals surface area contributed by atoms with Crippen LogP contribution in [0.2, 0.25) is 5.02 Å². The van der Waals surface area contributed by atoms with Crippen LogP contribution in [0, 0.1) is 13.8 Å². The zero-order valence-corrected chi connectivity index (χ0v) is 17.2. The normalized spacial score (nSPS) is 14.7. The summed E-state index contributed by atoms with van der Waals surface area (Å²) < 4.78 is 0. The van der Waals surface area contributed by atoms with Crippen LogP contribution in [0.1, 0.15) is 11.1 Å². The zero-order valence-electron chi connectivity index (χ0n) is 16.4. The molecule has 1 saturated heterocycles. The van der Waals surface area contributed by atoms with Crippen molar-refractivity contribution in [2.45, 2.75) is 13.8 Å². The average molecular weight is 389 g/mol. The molecule has 2 aromatic rings. The first-order valence-corrected chi connectivity index (χ1v) is 9.55. The molecule has 2 aromatic heterocycles. The van der Waals surface area contributed by atoms with Crippen molar-refractivity contribution in [2.24, 2.45) is 0 Å². The average Bonchev–Trinajstić information content (AvgIpc) is 2.62. The Morgan fingerprint density at radius 2 is 1.93 bits per heavy atom. The first kappa shape index (κ1) is 19.6. The molecule has 0 saturated carbocycles. The molecule has 144 valence electrons. The van der Waals surface area contributed by atoms with Crippen molar-refractivity contribution in [3.05, 3.63) is 40.7 Å². The fourth-order valence-electron chi connectivity index (χ4n) is 3.39. The van der Waals surface area contributed by atoms with Gasteiger partial charge in [0.1, 0.15) is 19.3 Å². The van der Waals surface area contributed by atoms with E-state index in [1.165, 1.54) is 0 Å². The zero-order chi connectivity index (χ0) is 19.6. The fraction of sp³-hybridized carbons (Fsp3) is 0.450. The second-order valence-corrected chi connectivity index (χ2v) is 7.77. The van der Waals surface area contributed by atoms with Gasteiger partial charge < -0.3 is 9.80 Å². The van der Waals surface area contributed by atoms with Gasteiger partial charge in [-0.15, -0.1) is 0 Å². The first-order chi connectivity index (χ1) is 12.8. The number of pyridine rings is 2. The molecule has 6 nitrogen and oxygen atoms in total. The number of nitrogens with zero attached hydrogens (tertiary/aromatic N) is 4. The van der Waals surface area contributed by atoms with Gasteiger partial charge in [0.2, 0.25) is 5.91 Å². The predicted molar refractivity (Wildman–Crippen MR) is 108 cm³/mol. The minimum Gasteiger partial charge on any atom is -0.334 e. The van der Waals surface area contributed by atoms with Gasteiger partial charge >= 0.3 is 0 Å². The number of carbonyl (C=O) groups is 1. The van der Waals surface area contributed by atoms with E-state index in [9.17, 15) is 4.79 Å². The van der Waals surface area contributed by atoms with E-state index < -0.39 is 0 Å². The summed E-state index contributed by atoms with van der Waals surface area (Å²) in [7, 11) is 3.83. The van der Waals surface area contributed by atoms with Gasteiger partial charge in [0, 0.05) is 17.8 Å². The highest BCUT2D eigenvalue weighted by Gasteiger charge is 2.27. The standard InChI is InChI=1S/C20H26ClN5O/c1-14-9-15(2)20(23-11-14)16-10-18(22-12-17(16)21)25-5-7-26(8-6-25)19(27)13-24(3)4/h9-12H,5-8,13H2,1-4H3/p+1. The van der Waals surface area contributed by atoms with Gasteiger partial charge in [0.15, 0.2) is 0 Å². The van der Waals surface area contributed by atoms with Gasteiger partial charge in [-0.1, -0.05) is 17.7 Å². The van der Waals surface area contributed by atoms with Crippen LogP contribution in [0.3, 0.4) is 0 Å². The number of nitrogens with one attached hydrogen (secondary N) is 1. The Bertz CT molecular complexity index is 831. The summed E-state index contributed by atoms with van der Waals surface area (Å²) in [6.07, 6.45) is 3.68. The number of halogens is 1. The number of piperazine rings is 1. The van der Waals surface area contributed by atoms with E-state index in [0.717, 1.165) is 54.4 Å². The molecule has 1 aliphatic heterocycles. The van der Waals surface area contributed by atoms with Gasteiger partial charge in [-0.05, 0) is 39.1 Å². The van der Waals surface area contributed by atoms with Gasteiger partial charge in [0.25, 0.3) is 5.82 Å². The SMILES string of the molecule is Cc1cnc(-c2cc(N3CCN(C(=O)CN(C)C)CC3)[nH+]cc2Cl)c(C)c1. The van der Waals surface area contributed by atoms with E-state index >= 15 is 0 Å². The lowest BCUT2D eigenvalue weighted by molar-refractivity contribution is -0.364. The monoisotopic (exact) mass is 388 g/mol. The quantitative estimate of drug-likeness (QED) is 0.804. The number of amides is 1. The molecule has 3 rings (SSSR count). The molecule has 0 unspecified atom stereocenters. The van der Waals surface area contributed by atoms with Crippen molar-refractivity contribution in [1.82, 2.24) is 14.8 Å². The molecule has 7 heteroatoms. The number of hydrogen-bond acceptors (Lipinski definition) is 4. The minimum atomic E-state index is 0.180. The van der Waals surface area contributed by atoms with Crippen molar-refractivity contribution in [3.63, 3.8) is 0 Å². The van der Waals surface area contributed by atoms with Crippen molar-refractivity contribution in [1.29, 1.82) is 0 Å². The second kappa shape index (κ2) is 8.23. The predicted octanol–water partition coefficient (Wildman–Crippen LogP) is 2.04. The molecule has 0 aromatic carbocycles. The maximum atomic E-state index is 12.2. The van der Waals surface area contributed by atoms with Crippen molar-refractivity contribution >= 4 is 23.3 Å². The molecule has 0 bridgehead atoms. The largest absolute Gasteiger partial charge is 0.334 e. The van der Waals surface area contributed by atoms with E-state index in [1.54, 1.807) is 0 Å². The number of likely N-dealkylation sites (N-methyl/N-ethyl adjacent to an activating group) is 1. The van der Waals surface area contributed by atoms with Crippen molar-refractivity contribution in [3.8, 4) is 11.3 Å². The highest BCUT2D eigenvalue weighted by molar-refractivity contribution is 6.33. The minimum absolute atomic E-state index is 0.180. The summed E-state index contributed by atoms with van der Waals surface area (Å²) in [6.45, 7) is 7.56. The molecule has 0 spiro atoms. The third-order valence-corrected chi connectivity index (χ3v) is 5.09. The molecular formula is C20H27ClN5O+. The molecule has 27 heavy (non-hydrogen) atoms. The summed E-state index contributed by atoms with van der Waals surface area (Å²) in [5, 5.41) is 0.651. The molecular weight excluding hydrogens is 362 g/mol. The lowest BCUT2D eigenvalue weighted by Gasteiger charge is -2.31. The third-order valence-electron chi connectivity index (χ3n) is 4.78. The van der Waals surface area contributed by atoms with E-state index in [0.29, 0.717) is 11.6 Å². The summed E-state index contributed by atoms with van der Waals surface area (Å²) in [4.78, 5) is 26.2. The van der Waals surface area contributed by atoms with Gasteiger partial charge in [-0.25, -0.2) is 4.98 Å². The molecule has 1 fully saturated rings. The number of aromatic nitrogens is 2. The van der Waals surface area contributed by atoms with Crippen LogP contribution in [0.4, 0.5) is 5.82 Å². The van der Waals surface area contributed by atoms with Crippen LogP contribution >= 0.6 is 11.6 Å². The third kappa shape index (κ3) is 4.57. The molecule has 1 N–H and O–H groups in total. The molecule has 3 heterocycles. The number of rotatable bonds is 4. The van der Waals surface area contributed by atoms with Crippen molar-refractivity contribution < 1.29 is 9.78 Å². The lowest BCUT2D eigenvalue weighted by Crippen LogP contribution is -2.51. The summed E-state index contributed by atoms with van der Waals surface area (Å²) in [5.74, 6) is 1.18. The number of aryl methyl sites for hydroxylation is 2. The van der Waals surface area contributed by atoms with Crippen LogP contribution in [0.25, 0.3) is 11.3 Å². The van der Waals surface area contributed by atoms with E-state index in [1.807, 2.05) is 43.2 Å². The first-order valence-electron chi connectivity index (χ1n) is 9.17. The van der Waals surface area contributed by atoms with Crippen LogP contribution in [-0.4, -0.2) is 67.5 Å². The Hall–Kier alpha value is -2.18. The smallest absolute Gasteiger partial charge is 0.275 e. The van der Waals surface area contributed by atoms with E-state index in [2.05, 4.69) is 33.9 Å². The highest BCUT2D eigenvalue weighted by Crippen LogP contribution is 2.30. The number of hydrogen-bond donors (Lipinski definition) is 0. The Morgan fingerprint density at radius 1 is 1.22 bits per heavy atom.